The molecule has 0 aliphatic carbocycles. The van der Waals surface area contributed by atoms with Crippen LogP contribution < -0.4 is 16.4 Å². The number of hydrogen-bond acceptors (Lipinski definition) is 15. The minimum absolute atomic E-state index is 0.00178. The highest BCUT2D eigenvalue weighted by Gasteiger charge is 2.19. The second-order valence-electron chi connectivity index (χ2n) is 9.43. The molecule has 0 aliphatic rings. The molecule has 1 aromatic heterocycles. The third-order valence-electron chi connectivity index (χ3n) is 6.11. The lowest BCUT2D eigenvalue weighted by Gasteiger charge is -2.16. The molecule has 0 spiro atoms. The molecule has 0 amide bonds. The van der Waals surface area contributed by atoms with Crippen molar-refractivity contribution in [2.45, 2.75) is 23.1 Å². The van der Waals surface area contributed by atoms with Gasteiger partial charge < -0.3 is 21.1 Å². The average Bonchev–Trinajstić information content (AvgIpc) is 2.99. The van der Waals surface area contributed by atoms with E-state index in [4.69, 9.17) is 15.0 Å². The third kappa shape index (κ3) is 10.1. The van der Waals surface area contributed by atoms with Gasteiger partial charge in [-0.15, -0.1) is 10.2 Å². The standard InChI is InChI=1S/C26H32N8O9S3/c1-4-44(35,36)15-13-29-25-23(27)17(2)24(26(30-25)28-12-5-14-43-3)34-33-21-11-8-19(16-22(21)46(40,41)42)32-31-18-6-9-20(10-7-18)45(37,38)39/h4,6-11,16H,1,5,12-15,27H2,2-3H3,(H2,28,29,30)(H,37,38,39)(H,40,41,42). The first-order chi connectivity index (χ1) is 21.6. The van der Waals surface area contributed by atoms with Crippen LogP contribution in [0.3, 0.4) is 0 Å². The lowest BCUT2D eigenvalue weighted by atomic mass is 10.2. The summed E-state index contributed by atoms with van der Waals surface area (Å²) in [6.07, 6.45) is 0.589. The van der Waals surface area contributed by atoms with Gasteiger partial charge in [0.1, 0.15) is 16.3 Å². The number of nitrogens with zero attached hydrogens (tertiary/aromatic N) is 5. The van der Waals surface area contributed by atoms with Crippen LogP contribution in [0.15, 0.2) is 84.7 Å². The Morgan fingerprint density at radius 2 is 1.52 bits per heavy atom. The summed E-state index contributed by atoms with van der Waals surface area (Å²) in [6.45, 7) is 5.73. The quantitative estimate of drug-likeness (QED) is 0.0772. The fourth-order valence-corrected chi connectivity index (χ4v) is 5.34. The van der Waals surface area contributed by atoms with Crippen LogP contribution >= 0.6 is 0 Å². The first-order valence-corrected chi connectivity index (χ1v) is 17.8. The number of benzene rings is 2. The summed E-state index contributed by atoms with van der Waals surface area (Å²) in [4.78, 5) is 3.46. The first kappa shape index (κ1) is 36.1. The lowest BCUT2D eigenvalue weighted by molar-refractivity contribution is 0.198. The Balaban J connectivity index is 1.97. The van der Waals surface area contributed by atoms with Gasteiger partial charge in [0, 0.05) is 37.8 Å². The number of rotatable bonds is 16. The number of ether oxygens (including phenoxy) is 1. The van der Waals surface area contributed by atoms with E-state index in [0.717, 1.165) is 23.6 Å². The van der Waals surface area contributed by atoms with Crippen LogP contribution in [0.2, 0.25) is 0 Å². The van der Waals surface area contributed by atoms with Gasteiger partial charge in [-0.3, -0.25) is 9.11 Å². The van der Waals surface area contributed by atoms with E-state index in [-0.39, 0.29) is 57.3 Å². The monoisotopic (exact) mass is 696 g/mol. The van der Waals surface area contributed by atoms with Crippen LogP contribution in [0.25, 0.3) is 0 Å². The largest absolute Gasteiger partial charge is 0.395 e. The smallest absolute Gasteiger partial charge is 0.296 e. The zero-order chi connectivity index (χ0) is 34.1. The van der Waals surface area contributed by atoms with Crippen LogP contribution in [0.4, 0.5) is 40.1 Å². The van der Waals surface area contributed by atoms with Gasteiger partial charge in [0.05, 0.1) is 27.7 Å². The highest BCUT2D eigenvalue weighted by atomic mass is 32.2. The summed E-state index contributed by atoms with van der Waals surface area (Å²) in [5.74, 6) is 0.147. The van der Waals surface area contributed by atoms with Crippen LogP contribution in [0.5, 0.6) is 0 Å². The molecule has 0 unspecified atom stereocenters. The molecule has 20 heteroatoms. The van der Waals surface area contributed by atoms with Crippen molar-refractivity contribution in [2.75, 3.05) is 48.9 Å². The third-order valence-corrected chi connectivity index (χ3v) is 9.14. The Bertz CT molecular complexity index is 1970. The molecule has 2 aromatic carbocycles. The fraction of sp³-hybridized carbons (Fsp3) is 0.269. The number of nitrogen functional groups attached to an aromatic ring is 1. The molecule has 0 aliphatic heterocycles. The van der Waals surface area contributed by atoms with Crippen molar-refractivity contribution in [3.63, 3.8) is 0 Å². The Morgan fingerprint density at radius 3 is 2.13 bits per heavy atom. The van der Waals surface area contributed by atoms with Crippen molar-refractivity contribution in [3.8, 4) is 0 Å². The maximum atomic E-state index is 12.2. The highest BCUT2D eigenvalue weighted by molar-refractivity contribution is 7.94. The predicted octanol–water partition coefficient (Wildman–Crippen LogP) is 4.72. The zero-order valence-electron chi connectivity index (χ0n) is 24.7. The van der Waals surface area contributed by atoms with E-state index in [1.165, 1.54) is 24.3 Å². The van der Waals surface area contributed by atoms with Gasteiger partial charge in [-0.2, -0.15) is 27.1 Å². The fourth-order valence-electron chi connectivity index (χ4n) is 3.66. The lowest BCUT2D eigenvalue weighted by Crippen LogP contribution is -2.16. The Kier molecular flexibility index (Phi) is 12.0. The predicted molar refractivity (Wildman–Crippen MR) is 172 cm³/mol. The van der Waals surface area contributed by atoms with E-state index in [0.29, 0.717) is 25.1 Å². The molecule has 3 aromatic rings. The van der Waals surface area contributed by atoms with Crippen molar-refractivity contribution in [1.82, 2.24) is 4.98 Å². The van der Waals surface area contributed by atoms with Gasteiger partial charge in [-0.1, -0.05) is 6.58 Å². The number of pyridine rings is 1. The summed E-state index contributed by atoms with van der Waals surface area (Å²) in [6, 6.07) is 8.35. The molecule has 0 bridgehead atoms. The summed E-state index contributed by atoms with van der Waals surface area (Å²) in [7, 11) is -11.2. The Labute approximate surface area is 266 Å². The molecule has 17 nitrogen and oxygen atoms in total. The van der Waals surface area contributed by atoms with Crippen LogP contribution in [0, 0.1) is 6.92 Å². The van der Waals surface area contributed by atoms with Gasteiger partial charge in [-0.05, 0) is 55.8 Å². The Morgan fingerprint density at radius 1 is 0.891 bits per heavy atom. The van der Waals surface area contributed by atoms with Crippen molar-refractivity contribution in [1.29, 1.82) is 0 Å². The Hall–Kier alpha value is -4.34. The van der Waals surface area contributed by atoms with Crippen LogP contribution in [-0.4, -0.2) is 71.9 Å². The molecule has 0 radical (unpaired) electrons. The van der Waals surface area contributed by atoms with E-state index in [1.807, 2.05) is 0 Å². The van der Waals surface area contributed by atoms with E-state index in [1.54, 1.807) is 14.0 Å². The van der Waals surface area contributed by atoms with Crippen molar-refractivity contribution in [3.05, 3.63) is 60.0 Å². The molecule has 46 heavy (non-hydrogen) atoms. The summed E-state index contributed by atoms with van der Waals surface area (Å²) < 4.78 is 94.5. The van der Waals surface area contributed by atoms with E-state index >= 15 is 0 Å². The number of azo groups is 2. The van der Waals surface area contributed by atoms with E-state index in [9.17, 15) is 29.8 Å². The van der Waals surface area contributed by atoms with Gasteiger partial charge in [0.2, 0.25) is 0 Å². The number of hydrogen-bond donors (Lipinski definition) is 5. The summed E-state index contributed by atoms with van der Waals surface area (Å²) in [5, 5.41) is 22.9. The van der Waals surface area contributed by atoms with Gasteiger partial charge in [0.15, 0.2) is 21.5 Å². The van der Waals surface area contributed by atoms with Crippen molar-refractivity contribution >= 4 is 70.1 Å². The number of sulfone groups is 1. The minimum atomic E-state index is -4.83. The maximum absolute atomic E-state index is 12.2. The van der Waals surface area contributed by atoms with E-state index in [2.05, 4.69) is 42.7 Å². The van der Waals surface area contributed by atoms with Crippen molar-refractivity contribution in [2.24, 2.45) is 20.5 Å². The molecule has 0 atom stereocenters. The number of nitrogens with one attached hydrogen (secondary N) is 2. The molecule has 3 rings (SSSR count). The number of aromatic nitrogens is 1. The van der Waals surface area contributed by atoms with Gasteiger partial charge in [0.25, 0.3) is 20.2 Å². The zero-order valence-corrected chi connectivity index (χ0v) is 27.1. The second-order valence-corrected chi connectivity index (χ2v) is 14.3. The molecular formula is C26H32N8O9S3. The summed E-state index contributed by atoms with van der Waals surface area (Å²) in [5.41, 5.74) is 6.89. The molecule has 0 fully saturated rings. The number of nitrogens with two attached hydrogens (primary N) is 1. The van der Waals surface area contributed by atoms with Crippen LogP contribution in [-0.2, 0) is 34.8 Å². The van der Waals surface area contributed by atoms with Gasteiger partial charge >= 0.3 is 0 Å². The first-order valence-electron chi connectivity index (χ1n) is 13.2. The summed E-state index contributed by atoms with van der Waals surface area (Å²) >= 11 is 0. The molecule has 248 valence electrons. The normalized spacial score (nSPS) is 12.5. The molecule has 6 N–H and O–H groups in total. The van der Waals surface area contributed by atoms with Crippen molar-refractivity contribution < 1.29 is 39.1 Å². The van der Waals surface area contributed by atoms with E-state index < -0.39 is 35.0 Å². The maximum Gasteiger partial charge on any atom is 0.296 e. The van der Waals surface area contributed by atoms with Gasteiger partial charge in [-0.25, -0.2) is 13.4 Å². The topological polar surface area (TPSA) is 265 Å². The average molecular weight is 697 g/mol. The molecule has 0 saturated carbocycles. The minimum Gasteiger partial charge on any atom is -0.395 e. The molecule has 1 heterocycles. The van der Waals surface area contributed by atoms with Crippen LogP contribution in [0.1, 0.15) is 12.0 Å². The molecular weight excluding hydrogens is 665 g/mol. The SMILES string of the molecule is C=CS(=O)(=O)CCNc1nc(NCCCOC)c(N=Nc2ccc(N=Nc3ccc(S(=O)(=O)O)cc3)cc2S(=O)(=O)O)c(C)c1N. The molecule has 0 saturated heterocycles. The number of methoxy groups -OCH3 is 1. The number of anilines is 3. The highest BCUT2D eigenvalue weighted by Crippen LogP contribution is 2.38. The second kappa shape index (κ2) is 15.3.